The number of carbonyl (C=O) groups is 3. The average Bonchev–Trinajstić information content (AvgIpc) is 2.92. The Kier molecular flexibility index (Phi) is 7.55. The smallest absolute Gasteiger partial charge is 0.341 e. The van der Waals surface area contributed by atoms with E-state index in [1.807, 2.05) is 0 Å². The molecule has 2 heterocycles. The third kappa shape index (κ3) is 5.26. The molecule has 1 aromatic heterocycles. The average molecular weight is 383 g/mol. The predicted octanol–water partition coefficient (Wildman–Crippen LogP) is 1.38. The highest BCUT2D eigenvalue weighted by Crippen LogP contribution is 2.33. The van der Waals surface area contributed by atoms with Crippen molar-refractivity contribution >= 4 is 34.1 Å². The standard InChI is InChI=1S/C17H25N3O5S/c1-11-13(17(23)25-9-8-24-2)16(26-14(11)15(18)22)19-12(21)10-20-6-4-3-5-7-20/h3-10H2,1-2H3,(H2,18,22)(H,19,21). The van der Waals surface area contributed by atoms with Crippen molar-refractivity contribution in [2.45, 2.75) is 26.2 Å². The summed E-state index contributed by atoms with van der Waals surface area (Å²) in [6.45, 7) is 3.97. The molecule has 0 saturated carbocycles. The lowest BCUT2D eigenvalue weighted by atomic mass is 10.1. The number of nitrogens with one attached hydrogen (secondary N) is 1. The number of amides is 2. The number of esters is 1. The molecule has 1 aromatic rings. The molecule has 9 heteroatoms. The maximum atomic E-state index is 12.4. The zero-order valence-corrected chi connectivity index (χ0v) is 15.9. The Bertz CT molecular complexity index is 668. The zero-order valence-electron chi connectivity index (χ0n) is 15.1. The molecule has 1 saturated heterocycles. The Morgan fingerprint density at radius 1 is 1.19 bits per heavy atom. The largest absolute Gasteiger partial charge is 0.460 e. The summed E-state index contributed by atoms with van der Waals surface area (Å²) in [6, 6.07) is 0. The molecule has 0 spiro atoms. The molecule has 1 aliphatic rings. The van der Waals surface area contributed by atoms with Gasteiger partial charge in [-0.25, -0.2) is 4.79 Å². The topological polar surface area (TPSA) is 111 Å². The van der Waals surface area contributed by atoms with Crippen molar-refractivity contribution in [3.63, 3.8) is 0 Å². The number of nitrogens with zero attached hydrogens (tertiary/aromatic N) is 1. The van der Waals surface area contributed by atoms with Crippen LogP contribution in [0.25, 0.3) is 0 Å². The van der Waals surface area contributed by atoms with Gasteiger partial charge in [-0.1, -0.05) is 6.42 Å². The number of nitrogens with two attached hydrogens (primary N) is 1. The van der Waals surface area contributed by atoms with Gasteiger partial charge in [-0.15, -0.1) is 11.3 Å². The van der Waals surface area contributed by atoms with E-state index in [0.29, 0.717) is 10.6 Å². The maximum Gasteiger partial charge on any atom is 0.341 e. The Labute approximate surface area is 156 Å². The molecule has 26 heavy (non-hydrogen) atoms. The SMILES string of the molecule is COCCOC(=O)c1c(NC(=O)CN2CCCCC2)sc(C(N)=O)c1C. The van der Waals surface area contributed by atoms with Gasteiger partial charge >= 0.3 is 5.97 Å². The number of thiophene rings is 1. The van der Waals surface area contributed by atoms with Crippen LogP contribution in [0, 0.1) is 6.92 Å². The van der Waals surface area contributed by atoms with E-state index in [1.165, 1.54) is 13.5 Å². The lowest BCUT2D eigenvalue weighted by Gasteiger charge is -2.25. The van der Waals surface area contributed by atoms with Gasteiger partial charge in [-0.2, -0.15) is 0 Å². The van der Waals surface area contributed by atoms with Crippen LogP contribution in [-0.2, 0) is 14.3 Å². The number of hydrogen-bond donors (Lipinski definition) is 2. The molecule has 0 radical (unpaired) electrons. The van der Waals surface area contributed by atoms with E-state index in [2.05, 4.69) is 10.2 Å². The minimum absolute atomic E-state index is 0.0810. The highest BCUT2D eigenvalue weighted by molar-refractivity contribution is 7.18. The van der Waals surface area contributed by atoms with Crippen LogP contribution in [0.3, 0.4) is 0 Å². The molecule has 8 nitrogen and oxygen atoms in total. The Balaban J connectivity index is 2.14. The Hall–Kier alpha value is -1.97. The lowest BCUT2D eigenvalue weighted by Crippen LogP contribution is -2.36. The molecule has 0 aliphatic carbocycles. The van der Waals surface area contributed by atoms with Gasteiger partial charge in [0.05, 0.1) is 23.6 Å². The fraction of sp³-hybridized carbons (Fsp3) is 0.588. The number of primary amides is 1. The van der Waals surface area contributed by atoms with Crippen LogP contribution < -0.4 is 11.1 Å². The van der Waals surface area contributed by atoms with Gasteiger partial charge in [0, 0.05) is 7.11 Å². The third-order valence-electron chi connectivity index (χ3n) is 4.16. The van der Waals surface area contributed by atoms with E-state index >= 15 is 0 Å². The Morgan fingerprint density at radius 3 is 2.50 bits per heavy atom. The van der Waals surface area contributed by atoms with Gasteiger partial charge in [0.15, 0.2) is 0 Å². The second kappa shape index (κ2) is 9.65. The van der Waals surface area contributed by atoms with Crippen LogP contribution in [0.1, 0.15) is 44.9 Å². The van der Waals surface area contributed by atoms with Gasteiger partial charge in [0.2, 0.25) is 5.91 Å². The second-order valence-corrected chi connectivity index (χ2v) is 7.16. The molecule has 0 bridgehead atoms. The van der Waals surface area contributed by atoms with Crippen LogP contribution in [0.4, 0.5) is 5.00 Å². The minimum atomic E-state index is -0.644. The van der Waals surface area contributed by atoms with E-state index in [0.717, 1.165) is 37.3 Å². The van der Waals surface area contributed by atoms with Gasteiger partial charge in [-0.05, 0) is 38.4 Å². The molecule has 2 amide bonds. The van der Waals surface area contributed by atoms with E-state index in [1.54, 1.807) is 6.92 Å². The summed E-state index contributed by atoms with van der Waals surface area (Å²) in [5, 5.41) is 3.04. The summed E-state index contributed by atoms with van der Waals surface area (Å²) in [6.07, 6.45) is 3.34. The number of methoxy groups -OCH3 is 1. The summed E-state index contributed by atoms with van der Waals surface area (Å²) in [4.78, 5) is 38.7. The minimum Gasteiger partial charge on any atom is -0.460 e. The molecule has 0 unspecified atom stereocenters. The van der Waals surface area contributed by atoms with Crippen molar-refractivity contribution < 1.29 is 23.9 Å². The molecule has 2 rings (SSSR count). The molecular formula is C17H25N3O5S. The fourth-order valence-corrected chi connectivity index (χ4v) is 3.92. The summed E-state index contributed by atoms with van der Waals surface area (Å²) in [5.74, 6) is -1.48. The van der Waals surface area contributed by atoms with E-state index in [-0.39, 0.29) is 36.1 Å². The molecular weight excluding hydrogens is 358 g/mol. The summed E-state index contributed by atoms with van der Waals surface area (Å²) in [7, 11) is 1.50. The molecule has 0 atom stereocenters. The number of carbonyl (C=O) groups excluding carboxylic acids is 3. The van der Waals surface area contributed by atoms with Gasteiger partial charge in [0.1, 0.15) is 11.6 Å². The van der Waals surface area contributed by atoms with Gasteiger partial charge in [-0.3, -0.25) is 14.5 Å². The van der Waals surface area contributed by atoms with Crippen LogP contribution in [-0.4, -0.2) is 62.6 Å². The monoisotopic (exact) mass is 383 g/mol. The molecule has 3 N–H and O–H groups in total. The van der Waals surface area contributed by atoms with Gasteiger partial charge in [0.25, 0.3) is 5.91 Å². The van der Waals surface area contributed by atoms with E-state index in [4.69, 9.17) is 15.2 Å². The Morgan fingerprint density at radius 2 is 1.88 bits per heavy atom. The first-order valence-electron chi connectivity index (χ1n) is 8.55. The number of hydrogen-bond acceptors (Lipinski definition) is 7. The highest BCUT2D eigenvalue weighted by Gasteiger charge is 2.26. The first-order valence-corrected chi connectivity index (χ1v) is 9.37. The molecule has 1 fully saturated rings. The normalized spacial score (nSPS) is 14.8. The second-order valence-electron chi connectivity index (χ2n) is 6.14. The molecule has 0 aromatic carbocycles. The fourth-order valence-electron chi connectivity index (χ4n) is 2.86. The molecule has 144 valence electrons. The van der Waals surface area contributed by atoms with Crippen molar-refractivity contribution in [2.24, 2.45) is 5.73 Å². The first-order chi connectivity index (χ1) is 12.4. The quantitative estimate of drug-likeness (QED) is 0.518. The van der Waals surface area contributed by atoms with Crippen LogP contribution in [0.5, 0.6) is 0 Å². The van der Waals surface area contributed by atoms with Crippen molar-refractivity contribution in [2.75, 3.05) is 45.3 Å². The number of piperidine rings is 1. The van der Waals surface area contributed by atoms with Crippen molar-refractivity contribution in [1.82, 2.24) is 4.90 Å². The third-order valence-corrected chi connectivity index (χ3v) is 5.39. The van der Waals surface area contributed by atoms with Crippen molar-refractivity contribution in [3.8, 4) is 0 Å². The summed E-state index contributed by atoms with van der Waals surface area (Å²) in [5.41, 5.74) is 5.97. The first kappa shape index (κ1) is 20.3. The zero-order chi connectivity index (χ0) is 19.1. The highest BCUT2D eigenvalue weighted by atomic mass is 32.1. The van der Waals surface area contributed by atoms with Crippen LogP contribution >= 0.6 is 11.3 Å². The van der Waals surface area contributed by atoms with Crippen molar-refractivity contribution in [1.29, 1.82) is 0 Å². The predicted molar refractivity (Wildman–Crippen MR) is 98.7 cm³/mol. The van der Waals surface area contributed by atoms with Gasteiger partial charge < -0.3 is 20.5 Å². The number of anilines is 1. The number of ether oxygens (including phenoxy) is 2. The number of likely N-dealkylation sites (tertiary alicyclic amines) is 1. The van der Waals surface area contributed by atoms with E-state index < -0.39 is 11.9 Å². The summed E-state index contributed by atoms with van der Waals surface area (Å²) >= 11 is 0.995. The summed E-state index contributed by atoms with van der Waals surface area (Å²) < 4.78 is 10.0. The van der Waals surface area contributed by atoms with E-state index in [9.17, 15) is 14.4 Å². The molecule has 1 aliphatic heterocycles. The van der Waals surface area contributed by atoms with Crippen LogP contribution in [0.15, 0.2) is 0 Å². The van der Waals surface area contributed by atoms with Crippen LogP contribution in [0.2, 0.25) is 0 Å². The maximum absolute atomic E-state index is 12.4. The number of rotatable bonds is 8. The van der Waals surface area contributed by atoms with Crippen molar-refractivity contribution in [3.05, 3.63) is 16.0 Å². The lowest BCUT2D eigenvalue weighted by molar-refractivity contribution is -0.117.